The molecule has 0 bridgehead atoms. The summed E-state index contributed by atoms with van der Waals surface area (Å²) in [7, 11) is 0. The van der Waals surface area contributed by atoms with Crippen molar-refractivity contribution in [2.24, 2.45) is 11.8 Å². The number of hydrogen-bond donors (Lipinski definition) is 0. The fraction of sp³-hybridized carbons (Fsp3) is 0.471. The van der Waals surface area contributed by atoms with E-state index in [2.05, 4.69) is 0 Å². The molecule has 2 atom stereocenters. The van der Waals surface area contributed by atoms with E-state index in [4.69, 9.17) is 0 Å². The van der Waals surface area contributed by atoms with Gasteiger partial charge in [0.2, 0.25) is 6.54 Å². The van der Waals surface area contributed by atoms with Gasteiger partial charge in [-0.15, -0.1) is 0 Å². The third-order valence-corrected chi connectivity index (χ3v) is 4.06. The molecule has 1 aliphatic carbocycles. The van der Waals surface area contributed by atoms with Gasteiger partial charge in [-0.25, -0.2) is 0 Å². The van der Waals surface area contributed by atoms with Crippen LogP contribution in [-0.4, -0.2) is 17.3 Å². The van der Waals surface area contributed by atoms with Gasteiger partial charge in [0.1, 0.15) is 5.78 Å². The van der Waals surface area contributed by atoms with Crippen LogP contribution in [0.25, 0.3) is 6.08 Å². The number of rotatable bonds is 5. The molecule has 0 radical (unpaired) electrons. The monoisotopic (exact) mass is 287 g/mol. The van der Waals surface area contributed by atoms with Crippen molar-refractivity contribution in [2.75, 3.05) is 6.54 Å². The van der Waals surface area contributed by atoms with Crippen LogP contribution in [0.4, 0.5) is 0 Å². The summed E-state index contributed by atoms with van der Waals surface area (Å²) in [4.78, 5) is 22.8. The molecule has 1 aliphatic rings. The number of nitro groups is 1. The Morgan fingerprint density at radius 1 is 1.24 bits per heavy atom. The maximum Gasteiger partial charge on any atom is 0.210 e. The molecule has 0 spiro atoms. The zero-order valence-electron chi connectivity index (χ0n) is 12.1. The molecular weight excluding hydrogens is 266 g/mol. The minimum Gasteiger partial charge on any atom is -0.299 e. The van der Waals surface area contributed by atoms with Crippen molar-refractivity contribution in [3.05, 3.63) is 52.1 Å². The van der Waals surface area contributed by atoms with Crippen LogP contribution in [0.1, 0.15) is 37.7 Å². The first-order valence-corrected chi connectivity index (χ1v) is 7.54. The number of carbonyl (C=O) groups is 1. The van der Waals surface area contributed by atoms with Gasteiger partial charge in [0, 0.05) is 17.3 Å². The van der Waals surface area contributed by atoms with Gasteiger partial charge in [-0.2, -0.15) is 0 Å². The van der Waals surface area contributed by atoms with Crippen LogP contribution in [0.5, 0.6) is 0 Å². The van der Waals surface area contributed by atoms with Gasteiger partial charge >= 0.3 is 0 Å². The molecule has 21 heavy (non-hydrogen) atoms. The Labute approximate surface area is 125 Å². The van der Waals surface area contributed by atoms with Crippen molar-refractivity contribution in [1.82, 2.24) is 0 Å². The molecule has 0 aliphatic heterocycles. The summed E-state index contributed by atoms with van der Waals surface area (Å²) >= 11 is 0. The van der Waals surface area contributed by atoms with Gasteiger partial charge in [0.15, 0.2) is 0 Å². The van der Waals surface area contributed by atoms with Gasteiger partial charge in [0.25, 0.3) is 0 Å². The third kappa shape index (κ3) is 4.81. The number of nitrogens with zero attached hydrogens (tertiary/aromatic N) is 1. The molecule has 0 aromatic heterocycles. The molecule has 0 N–H and O–H groups in total. The second-order valence-electron chi connectivity index (χ2n) is 5.62. The Hall–Kier alpha value is -1.97. The normalized spacial score (nSPS) is 21.1. The summed E-state index contributed by atoms with van der Waals surface area (Å²) in [6.07, 6.45) is 8.05. The average molecular weight is 287 g/mol. The molecule has 4 nitrogen and oxygen atoms in total. The van der Waals surface area contributed by atoms with Crippen molar-refractivity contribution < 1.29 is 9.72 Å². The predicted molar refractivity (Wildman–Crippen MR) is 82.4 cm³/mol. The van der Waals surface area contributed by atoms with Crippen molar-refractivity contribution in [3.8, 4) is 0 Å². The Balaban J connectivity index is 2.15. The van der Waals surface area contributed by atoms with E-state index in [9.17, 15) is 14.9 Å². The third-order valence-electron chi connectivity index (χ3n) is 4.06. The molecule has 4 heteroatoms. The van der Waals surface area contributed by atoms with E-state index in [0.717, 1.165) is 31.2 Å². The van der Waals surface area contributed by atoms with E-state index in [1.807, 2.05) is 42.5 Å². The fourth-order valence-corrected chi connectivity index (χ4v) is 2.93. The maximum atomic E-state index is 12.2. The van der Waals surface area contributed by atoms with Crippen LogP contribution in [-0.2, 0) is 4.79 Å². The van der Waals surface area contributed by atoms with Crippen LogP contribution < -0.4 is 0 Å². The van der Waals surface area contributed by atoms with Gasteiger partial charge in [-0.1, -0.05) is 55.3 Å². The van der Waals surface area contributed by atoms with Crippen LogP contribution in [0.3, 0.4) is 0 Å². The molecule has 112 valence electrons. The minimum atomic E-state index is -0.307. The quantitative estimate of drug-likeness (QED) is 0.471. The lowest BCUT2D eigenvalue weighted by Crippen LogP contribution is -2.27. The molecule has 1 fully saturated rings. The van der Waals surface area contributed by atoms with Crippen LogP contribution in [0, 0.1) is 22.0 Å². The van der Waals surface area contributed by atoms with E-state index in [-0.39, 0.29) is 29.1 Å². The summed E-state index contributed by atoms with van der Waals surface area (Å²) in [6.45, 7) is -0.167. The van der Waals surface area contributed by atoms with Crippen molar-refractivity contribution >= 4 is 11.9 Å². The minimum absolute atomic E-state index is 0.167. The Morgan fingerprint density at radius 3 is 2.71 bits per heavy atom. The first-order chi connectivity index (χ1) is 10.2. The van der Waals surface area contributed by atoms with Crippen LogP contribution in [0.15, 0.2) is 36.4 Å². The molecule has 2 unspecified atom stereocenters. The Morgan fingerprint density at radius 2 is 2.00 bits per heavy atom. The van der Waals surface area contributed by atoms with Gasteiger partial charge in [-0.3, -0.25) is 14.9 Å². The fourth-order valence-electron chi connectivity index (χ4n) is 2.93. The highest BCUT2D eigenvalue weighted by Crippen LogP contribution is 2.28. The summed E-state index contributed by atoms with van der Waals surface area (Å²) < 4.78 is 0. The lowest BCUT2D eigenvalue weighted by atomic mass is 9.84. The molecule has 1 aromatic carbocycles. The summed E-state index contributed by atoms with van der Waals surface area (Å²) in [5.74, 6) is -0.305. The smallest absolute Gasteiger partial charge is 0.210 e. The standard InChI is InChI=1S/C17H21NO3/c19-17-10-6-2-5-9-16(17)15(13-18(20)21)12-11-14-7-3-1-4-8-14/h1,3-4,7-8,11-12,15-16H,2,5-6,9-10,13H2/b12-11+. The number of carbonyl (C=O) groups excluding carboxylic acids is 1. The topological polar surface area (TPSA) is 60.2 Å². The number of hydrogen-bond acceptors (Lipinski definition) is 3. The largest absolute Gasteiger partial charge is 0.299 e. The highest BCUT2D eigenvalue weighted by Gasteiger charge is 2.30. The zero-order valence-corrected chi connectivity index (χ0v) is 12.1. The SMILES string of the molecule is O=C1CCCCCC1C(/C=C/c1ccccc1)C[N+](=O)[O-]. The first-order valence-electron chi connectivity index (χ1n) is 7.54. The van der Waals surface area contributed by atoms with Crippen LogP contribution >= 0.6 is 0 Å². The summed E-state index contributed by atoms with van der Waals surface area (Å²) in [5, 5.41) is 10.9. The second-order valence-corrected chi connectivity index (χ2v) is 5.62. The average Bonchev–Trinajstić information content (AvgIpc) is 2.69. The highest BCUT2D eigenvalue weighted by atomic mass is 16.6. The highest BCUT2D eigenvalue weighted by molar-refractivity contribution is 5.81. The Bertz CT molecular complexity index is 510. The molecule has 0 heterocycles. The summed E-state index contributed by atoms with van der Waals surface area (Å²) in [5.41, 5.74) is 1.01. The lowest BCUT2D eigenvalue weighted by Gasteiger charge is -2.18. The van der Waals surface area contributed by atoms with E-state index >= 15 is 0 Å². The van der Waals surface area contributed by atoms with E-state index in [1.165, 1.54) is 0 Å². The first kappa shape index (κ1) is 15.4. The second kappa shape index (κ2) is 7.72. The van der Waals surface area contributed by atoms with Crippen LogP contribution in [0.2, 0.25) is 0 Å². The molecule has 0 amide bonds. The molecule has 1 saturated carbocycles. The van der Waals surface area contributed by atoms with Gasteiger partial charge in [0.05, 0.1) is 5.92 Å². The predicted octanol–water partition coefficient (Wildman–Crippen LogP) is 3.74. The van der Waals surface area contributed by atoms with Crippen molar-refractivity contribution in [2.45, 2.75) is 32.1 Å². The van der Waals surface area contributed by atoms with Gasteiger partial charge < -0.3 is 0 Å². The zero-order chi connectivity index (χ0) is 15.1. The molecule has 0 saturated heterocycles. The number of ketones is 1. The van der Waals surface area contributed by atoms with E-state index in [0.29, 0.717) is 6.42 Å². The maximum absolute atomic E-state index is 12.2. The van der Waals surface area contributed by atoms with Crippen molar-refractivity contribution in [1.29, 1.82) is 0 Å². The van der Waals surface area contributed by atoms with E-state index < -0.39 is 0 Å². The number of Topliss-reactive ketones (excluding diaryl/α,β-unsaturated/α-hetero) is 1. The van der Waals surface area contributed by atoms with Crippen molar-refractivity contribution in [3.63, 3.8) is 0 Å². The summed E-state index contributed by atoms with van der Waals surface area (Å²) in [6, 6.07) is 9.70. The van der Waals surface area contributed by atoms with Gasteiger partial charge in [-0.05, 0) is 18.4 Å². The Kier molecular flexibility index (Phi) is 5.67. The molecular formula is C17H21NO3. The number of benzene rings is 1. The molecule has 1 aromatic rings. The lowest BCUT2D eigenvalue weighted by molar-refractivity contribution is -0.487. The van der Waals surface area contributed by atoms with E-state index in [1.54, 1.807) is 0 Å². The molecule has 2 rings (SSSR count).